The van der Waals surface area contributed by atoms with E-state index in [4.69, 9.17) is 0 Å². The standard InChI is InChI=1S/C14H13F4NS/c1-19-12(8-9-4-3-7-20-9)10-5-2-6-11(13(10)15)14(16,17)18/h2-7,12,19H,8H2,1H3. The molecule has 0 saturated carbocycles. The minimum Gasteiger partial charge on any atom is -0.313 e. The molecular formula is C14H13F4NS. The van der Waals surface area contributed by atoms with Crippen molar-refractivity contribution in [2.75, 3.05) is 7.05 Å². The Kier molecular flexibility index (Phi) is 4.45. The van der Waals surface area contributed by atoms with Crippen LogP contribution >= 0.6 is 11.3 Å². The molecule has 1 aromatic carbocycles. The van der Waals surface area contributed by atoms with Crippen LogP contribution in [0.25, 0.3) is 0 Å². The minimum atomic E-state index is -4.68. The van der Waals surface area contributed by atoms with E-state index in [9.17, 15) is 17.6 Å². The van der Waals surface area contributed by atoms with Gasteiger partial charge in [-0.3, -0.25) is 0 Å². The van der Waals surface area contributed by atoms with E-state index < -0.39 is 23.6 Å². The first-order valence-corrected chi connectivity index (χ1v) is 6.86. The smallest absolute Gasteiger partial charge is 0.313 e. The normalized spacial score (nSPS) is 13.4. The molecule has 0 amide bonds. The van der Waals surface area contributed by atoms with Gasteiger partial charge in [0.05, 0.1) is 5.56 Å². The Morgan fingerprint density at radius 1 is 1.20 bits per heavy atom. The van der Waals surface area contributed by atoms with Crippen LogP contribution in [-0.4, -0.2) is 7.05 Å². The molecule has 2 aromatic rings. The number of thiophene rings is 1. The van der Waals surface area contributed by atoms with Gasteiger partial charge in [-0.2, -0.15) is 13.2 Å². The molecule has 1 aromatic heterocycles. The number of hydrogen-bond donors (Lipinski definition) is 1. The molecule has 6 heteroatoms. The Labute approximate surface area is 118 Å². The number of nitrogens with one attached hydrogen (secondary N) is 1. The Morgan fingerprint density at radius 2 is 1.95 bits per heavy atom. The van der Waals surface area contributed by atoms with Gasteiger partial charge in [0.25, 0.3) is 0 Å². The summed E-state index contributed by atoms with van der Waals surface area (Å²) < 4.78 is 52.2. The monoisotopic (exact) mass is 303 g/mol. The van der Waals surface area contributed by atoms with Crippen LogP contribution in [0.15, 0.2) is 35.7 Å². The molecule has 1 unspecified atom stereocenters. The summed E-state index contributed by atoms with van der Waals surface area (Å²) in [6.07, 6.45) is -4.23. The van der Waals surface area contributed by atoms with Gasteiger partial charge in [0.1, 0.15) is 5.82 Å². The summed E-state index contributed by atoms with van der Waals surface area (Å²) >= 11 is 1.49. The van der Waals surface area contributed by atoms with Crippen molar-refractivity contribution in [3.63, 3.8) is 0 Å². The molecule has 1 heterocycles. The molecule has 0 aliphatic rings. The summed E-state index contributed by atoms with van der Waals surface area (Å²) in [5, 5.41) is 4.75. The van der Waals surface area contributed by atoms with Gasteiger partial charge >= 0.3 is 6.18 Å². The number of likely N-dealkylation sites (N-methyl/N-ethyl adjacent to an activating group) is 1. The fourth-order valence-corrected chi connectivity index (χ4v) is 2.79. The second-order valence-electron chi connectivity index (χ2n) is 4.33. The van der Waals surface area contributed by atoms with Crippen LogP contribution < -0.4 is 5.32 Å². The number of benzene rings is 1. The van der Waals surface area contributed by atoms with Gasteiger partial charge in [-0.15, -0.1) is 11.3 Å². The van der Waals surface area contributed by atoms with Gasteiger partial charge < -0.3 is 5.32 Å². The van der Waals surface area contributed by atoms with Gasteiger partial charge in [0.15, 0.2) is 0 Å². The molecule has 0 spiro atoms. The zero-order valence-corrected chi connectivity index (χ0v) is 11.5. The van der Waals surface area contributed by atoms with E-state index in [0.717, 1.165) is 10.9 Å². The molecule has 20 heavy (non-hydrogen) atoms. The average molecular weight is 303 g/mol. The van der Waals surface area contributed by atoms with Gasteiger partial charge in [0, 0.05) is 22.9 Å². The highest BCUT2D eigenvalue weighted by Crippen LogP contribution is 2.34. The molecule has 1 N–H and O–H groups in total. The zero-order chi connectivity index (χ0) is 14.8. The molecule has 1 nitrogen and oxygen atoms in total. The SMILES string of the molecule is CNC(Cc1cccs1)c1cccc(C(F)(F)F)c1F. The van der Waals surface area contributed by atoms with Crippen molar-refractivity contribution in [2.45, 2.75) is 18.6 Å². The largest absolute Gasteiger partial charge is 0.419 e. The van der Waals surface area contributed by atoms with E-state index in [2.05, 4.69) is 5.32 Å². The first-order chi connectivity index (χ1) is 9.43. The predicted molar refractivity (Wildman–Crippen MR) is 71.2 cm³/mol. The summed E-state index contributed by atoms with van der Waals surface area (Å²) in [7, 11) is 1.61. The molecule has 0 radical (unpaired) electrons. The molecule has 0 aliphatic carbocycles. The highest BCUT2D eigenvalue weighted by atomic mass is 32.1. The number of hydrogen-bond acceptors (Lipinski definition) is 2. The van der Waals surface area contributed by atoms with Gasteiger partial charge in [-0.25, -0.2) is 4.39 Å². The lowest BCUT2D eigenvalue weighted by molar-refractivity contribution is -0.140. The van der Waals surface area contributed by atoms with Crippen molar-refractivity contribution >= 4 is 11.3 Å². The molecule has 0 bridgehead atoms. The van der Waals surface area contributed by atoms with E-state index in [1.807, 2.05) is 17.5 Å². The lowest BCUT2D eigenvalue weighted by Crippen LogP contribution is -2.21. The highest BCUT2D eigenvalue weighted by molar-refractivity contribution is 7.09. The van der Waals surface area contributed by atoms with E-state index >= 15 is 0 Å². The molecule has 108 valence electrons. The quantitative estimate of drug-likeness (QED) is 0.825. The van der Waals surface area contributed by atoms with Crippen molar-refractivity contribution in [3.8, 4) is 0 Å². The molecule has 1 atom stereocenters. The maximum atomic E-state index is 14.1. The lowest BCUT2D eigenvalue weighted by atomic mass is 9.99. The van der Waals surface area contributed by atoms with Crippen molar-refractivity contribution in [3.05, 3.63) is 57.5 Å². The van der Waals surface area contributed by atoms with Crippen molar-refractivity contribution in [1.82, 2.24) is 5.32 Å². The van der Waals surface area contributed by atoms with Gasteiger partial charge in [-0.05, 0) is 24.6 Å². The lowest BCUT2D eigenvalue weighted by Gasteiger charge is -2.19. The van der Waals surface area contributed by atoms with Crippen molar-refractivity contribution < 1.29 is 17.6 Å². The fraction of sp³-hybridized carbons (Fsp3) is 0.286. The maximum Gasteiger partial charge on any atom is 0.419 e. The highest BCUT2D eigenvalue weighted by Gasteiger charge is 2.35. The Bertz CT molecular complexity index is 563. The maximum absolute atomic E-state index is 14.1. The first-order valence-electron chi connectivity index (χ1n) is 5.98. The van der Waals surface area contributed by atoms with E-state index in [1.54, 1.807) is 7.05 Å². The average Bonchev–Trinajstić information content (AvgIpc) is 2.88. The third-order valence-electron chi connectivity index (χ3n) is 3.04. The minimum absolute atomic E-state index is 0.0377. The summed E-state index contributed by atoms with van der Waals surface area (Å²) in [4.78, 5) is 0.987. The summed E-state index contributed by atoms with van der Waals surface area (Å²) in [5.74, 6) is -1.20. The van der Waals surface area contributed by atoms with E-state index in [1.165, 1.54) is 23.5 Å². The first kappa shape index (κ1) is 15.0. The Morgan fingerprint density at radius 3 is 2.50 bits per heavy atom. The van der Waals surface area contributed by atoms with Crippen LogP contribution in [0.2, 0.25) is 0 Å². The molecule has 0 saturated heterocycles. The zero-order valence-electron chi connectivity index (χ0n) is 10.7. The number of halogens is 4. The van der Waals surface area contributed by atoms with Gasteiger partial charge in [0.2, 0.25) is 0 Å². The molecule has 0 aliphatic heterocycles. The van der Waals surface area contributed by atoms with Crippen LogP contribution in [-0.2, 0) is 12.6 Å². The summed E-state index contributed by atoms with van der Waals surface area (Å²) in [6.45, 7) is 0. The van der Waals surface area contributed by atoms with Crippen molar-refractivity contribution in [1.29, 1.82) is 0 Å². The molecule has 2 rings (SSSR count). The second kappa shape index (κ2) is 5.93. The summed E-state index contributed by atoms with van der Waals surface area (Å²) in [5.41, 5.74) is -1.18. The third-order valence-corrected chi connectivity index (χ3v) is 3.94. The number of rotatable bonds is 4. The molecule has 0 fully saturated rings. The van der Waals surface area contributed by atoms with Gasteiger partial charge in [-0.1, -0.05) is 18.2 Å². The topological polar surface area (TPSA) is 12.0 Å². The second-order valence-corrected chi connectivity index (χ2v) is 5.36. The van der Waals surface area contributed by atoms with E-state index in [0.29, 0.717) is 6.42 Å². The Balaban J connectivity index is 2.35. The van der Waals surface area contributed by atoms with E-state index in [-0.39, 0.29) is 5.56 Å². The predicted octanol–water partition coefficient (Wildman–Crippen LogP) is 4.41. The van der Waals surface area contributed by atoms with Crippen LogP contribution in [0.4, 0.5) is 17.6 Å². The fourth-order valence-electron chi connectivity index (χ4n) is 2.04. The van der Waals surface area contributed by atoms with Crippen LogP contribution in [0.5, 0.6) is 0 Å². The van der Waals surface area contributed by atoms with Crippen LogP contribution in [0.3, 0.4) is 0 Å². The summed E-state index contributed by atoms with van der Waals surface area (Å²) in [6, 6.07) is 6.63. The van der Waals surface area contributed by atoms with Crippen molar-refractivity contribution in [2.24, 2.45) is 0 Å². The Hall–Kier alpha value is -1.40. The third kappa shape index (κ3) is 3.19. The number of alkyl halides is 3. The van der Waals surface area contributed by atoms with Crippen LogP contribution in [0.1, 0.15) is 22.0 Å². The van der Waals surface area contributed by atoms with Crippen LogP contribution in [0, 0.1) is 5.82 Å². The molecular weight excluding hydrogens is 290 g/mol.